The van der Waals surface area contributed by atoms with Crippen LogP contribution in [-0.2, 0) is 17.8 Å². The van der Waals surface area contributed by atoms with Crippen molar-refractivity contribution in [2.45, 2.75) is 57.3 Å². The number of benzene rings is 1. The molecular formula is C25H36FN3O2. The fourth-order valence-corrected chi connectivity index (χ4v) is 4.96. The van der Waals surface area contributed by atoms with Crippen LogP contribution in [0.3, 0.4) is 0 Å². The summed E-state index contributed by atoms with van der Waals surface area (Å²) in [5.74, 6) is -0.160. The Labute approximate surface area is 185 Å². The van der Waals surface area contributed by atoms with Gasteiger partial charge < -0.3 is 14.4 Å². The monoisotopic (exact) mass is 429 g/mol. The number of aromatic nitrogens is 1. The van der Waals surface area contributed by atoms with Crippen LogP contribution in [0, 0.1) is 5.82 Å². The highest BCUT2D eigenvalue weighted by Crippen LogP contribution is 2.25. The zero-order valence-electron chi connectivity index (χ0n) is 18.5. The van der Waals surface area contributed by atoms with Gasteiger partial charge in [0.2, 0.25) is 0 Å². The third kappa shape index (κ3) is 6.39. The number of halogens is 1. The van der Waals surface area contributed by atoms with Crippen LogP contribution < -0.4 is 0 Å². The number of nitrogens with zero attached hydrogens (tertiary/aromatic N) is 3. The number of hydrogen-bond donors (Lipinski definition) is 1. The smallest absolute Gasteiger partial charge is 0.128 e. The highest BCUT2D eigenvalue weighted by molar-refractivity contribution is 5.19. The summed E-state index contributed by atoms with van der Waals surface area (Å²) < 4.78 is 21.8. The van der Waals surface area contributed by atoms with Gasteiger partial charge in [0.1, 0.15) is 5.82 Å². The molecule has 31 heavy (non-hydrogen) atoms. The minimum absolute atomic E-state index is 0.160. The van der Waals surface area contributed by atoms with Gasteiger partial charge in [-0.1, -0.05) is 37.5 Å². The number of aliphatic hydroxyl groups is 1. The third-order valence-electron chi connectivity index (χ3n) is 6.70. The second-order valence-electron chi connectivity index (χ2n) is 9.01. The Balaban J connectivity index is 1.43. The molecule has 4 rings (SSSR count). The molecular weight excluding hydrogens is 393 g/mol. The lowest BCUT2D eigenvalue weighted by Gasteiger charge is -2.37. The molecule has 0 radical (unpaired) electrons. The summed E-state index contributed by atoms with van der Waals surface area (Å²) in [5, 5.41) is 10.9. The number of aliphatic hydroxyl groups excluding tert-OH is 1. The van der Waals surface area contributed by atoms with E-state index >= 15 is 0 Å². The first-order chi connectivity index (χ1) is 15.2. The zero-order valence-corrected chi connectivity index (χ0v) is 18.5. The lowest BCUT2D eigenvalue weighted by Crippen LogP contribution is -2.47. The van der Waals surface area contributed by atoms with Gasteiger partial charge in [0.15, 0.2) is 0 Å². The first-order valence-corrected chi connectivity index (χ1v) is 11.8. The molecule has 1 aliphatic heterocycles. The van der Waals surface area contributed by atoms with Gasteiger partial charge >= 0.3 is 0 Å². The molecule has 2 aliphatic rings. The summed E-state index contributed by atoms with van der Waals surface area (Å²) in [6, 6.07) is 11.7. The van der Waals surface area contributed by atoms with E-state index in [0.29, 0.717) is 31.2 Å². The van der Waals surface area contributed by atoms with Gasteiger partial charge in [0, 0.05) is 56.2 Å². The summed E-state index contributed by atoms with van der Waals surface area (Å²) in [5.41, 5.74) is 1.88. The number of rotatable bonds is 9. The predicted octanol–water partition coefficient (Wildman–Crippen LogP) is 3.50. The molecule has 0 spiro atoms. The van der Waals surface area contributed by atoms with Gasteiger partial charge in [0.05, 0.1) is 25.9 Å². The maximum Gasteiger partial charge on any atom is 0.128 e. The first kappa shape index (κ1) is 22.5. The molecule has 1 aromatic heterocycles. The van der Waals surface area contributed by atoms with Crippen molar-refractivity contribution in [3.63, 3.8) is 0 Å². The molecule has 2 aromatic rings. The van der Waals surface area contributed by atoms with E-state index in [1.807, 2.05) is 24.4 Å². The van der Waals surface area contributed by atoms with Crippen LogP contribution in [0.4, 0.5) is 4.39 Å². The average Bonchev–Trinajstić information content (AvgIpc) is 3.23. The fraction of sp³-hybridized carbons (Fsp3) is 0.600. The Bertz CT molecular complexity index is 800. The highest BCUT2D eigenvalue weighted by atomic mass is 19.1. The third-order valence-corrected chi connectivity index (χ3v) is 6.70. The fourth-order valence-electron chi connectivity index (χ4n) is 4.96. The van der Waals surface area contributed by atoms with E-state index in [4.69, 9.17) is 4.74 Å². The van der Waals surface area contributed by atoms with E-state index in [0.717, 1.165) is 32.8 Å². The summed E-state index contributed by atoms with van der Waals surface area (Å²) in [4.78, 5) is 4.77. The van der Waals surface area contributed by atoms with E-state index in [1.54, 1.807) is 6.07 Å². The van der Waals surface area contributed by atoms with Crippen molar-refractivity contribution in [1.82, 2.24) is 14.4 Å². The van der Waals surface area contributed by atoms with Crippen LogP contribution in [0.1, 0.15) is 43.4 Å². The molecule has 1 N–H and O–H groups in total. The minimum Gasteiger partial charge on any atom is -0.390 e. The molecule has 1 saturated heterocycles. The van der Waals surface area contributed by atoms with Crippen molar-refractivity contribution in [3.8, 4) is 0 Å². The molecule has 2 heterocycles. The van der Waals surface area contributed by atoms with Crippen LogP contribution in [0.25, 0.3) is 0 Å². The van der Waals surface area contributed by atoms with Gasteiger partial charge in [-0.25, -0.2) is 4.39 Å². The summed E-state index contributed by atoms with van der Waals surface area (Å²) in [6.07, 6.45) is 7.87. The largest absolute Gasteiger partial charge is 0.390 e. The second-order valence-corrected chi connectivity index (χ2v) is 9.01. The minimum atomic E-state index is -0.380. The molecule has 1 aliphatic carbocycles. The van der Waals surface area contributed by atoms with Crippen LogP contribution in [0.2, 0.25) is 0 Å². The summed E-state index contributed by atoms with van der Waals surface area (Å²) in [7, 11) is 0. The number of morpholine rings is 1. The number of hydrogen-bond acceptors (Lipinski definition) is 4. The Morgan fingerprint density at radius 3 is 2.61 bits per heavy atom. The van der Waals surface area contributed by atoms with Crippen molar-refractivity contribution >= 4 is 0 Å². The van der Waals surface area contributed by atoms with Crippen LogP contribution >= 0.6 is 0 Å². The van der Waals surface area contributed by atoms with E-state index in [1.165, 1.54) is 43.9 Å². The van der Waals surface area contributed by atoms with Crippen molar-refractivity contribution in [2.75, 3.05) is 39.4 Å². The molecule has 5 nitrogen and oxygen atoms in total. The lowest BCUT2D eigenvalue weighted by molar-refractivity contribution is -0.000615. The van der Waals surface area contributed by atoms with Gasteiger partial charge in [-0.15, -0.1) is 0 Å². The van der Waals surface area contributed by atoms with Crippen molar-refractivity contribution in [3.05, 3.63) is 59.7 Å². The second kappa shape index (κ2) is 11.2. The normalized spacial score (nSPS) is 19.7. The van der Waals surface area contributed by atoms with Crippen molar-refractivity contribution in [1.29, 1.82) is 0 Å². The van der Waals surface area contributed by atoms with E-state index in [-0.39, 0.29) is 11.9 Å². The predicted molar refractivity (Wildman–Crippen MR) is 120 cm³/mol. The molecule has 1 atom stereocenters. The van der Waals surface area contributed by atoms with Crippen LogP contribution in [0.5, 0.6) is 0 Å². The first-order valence-electron chi connectivity index (χ1n) is 11.8. The summed E-state index contributed by atoms with van der Waals surface area (Å²) in [6.45, 7) is 5.98. The molecule has 6 heteroatoms. The quantitative estimate of drug-likeness (QED) is 0.662. The Morgan fingerprint density at radius 2 is 1.84 bits per heavy atom. The van der Waals surface area contributed by atoms with Crippen LogP contribution in [0.15, 0.2) is 42.6 Å². The topological polar surface area (TPSA) is 40.9 Å². The van der Waals surface area contributed by atoms with Crippen molar-refractivity contribution < 1.29 is 14.2 Å². The van der Waals surface area contributed by atoms with Crippen LogP contribution in [-0.4, -0.2) is 71.0 Å². The van der Waals surface area contributed by atoms with Gasteiger partial charge in [0.25, 0.3) is 0 Å². The Morgan fingerprint density at radius 1 is 1.06 bits per heavy atom. The molecule has 2 fully saturated rings. The number of ether oxygens (including phenoxy) is 1. The number of β-amino-alcohol motifs (C(OH)–C–C–N with tert-alkyl or cyclic N) is 1. The molecule has 1 unspecified atom stereocenters. The van der Waals surface area contributed by atoms with Crippen molar-refractivity contribution in [2.24, 2.45) is 0 Å². The molecule has 0 amide bonds. The standard InChI is InChI=1S/C25H36FN3O2/c26-25-11-5-4-7-21(25)17-28-12-6-10-23(28)18-29(22-8-2-1-3-9-22)20-24(30)19-27-13-15-31-16-14-27/h4-7,10-12,22,24,30H,1-3,8-9,13-20H2. The van der Waals surface area contributed by atoms with E-state index in [2.05, 4.69) is 20.4 Å². The van der Waals surface area contributed by atoms with Gasteiger partial charge in [-0.2, -0.15) is 0 Å². The zero-order chi connectivity index (χ0) is 21.5. The van der Waals surface area contributed by atoms with Gasteiger partial charge in [-0.05, 0) is 31.0 Å². The summed E-state index contributed by atoms with van der Waals surface area (Å²) >= 11 is 0. The highest BCUT2D eigenvalue weighted by Gasteiger charge is 2.25. The molecule has 170 valence electrons. The Kier molecular flexibility index (Phi) is 8.14. The lowest BCUT2D eigenvalue weighted by atomic mass is 9.93. The molecule has 0 bridgehead atoms. The molecule has 1 saturated carbocycles. The maximum atomic E-state index is 14.2. The van der Waals surface area contributed by atoms with E-state index < -0.39 is 0 Å². The SMILES string of the molecule is OC(CN1CCOCC1)CN(Cc1cccn1Cc1ccccc1F)C1CCCCC1. The van der Waals surface area contributed by atoms with Gasteiger partial charge in [-0.3, -0.25) is 9.80 Å². The average molecular weight is 430 g/mol. The molecule has 1 aromatic carbocycles. The Hall–Kier alpha value is -1.73. The van der Waals surface area contributed by atoms with E-state index in [9.17, 15) is 9.50 Å². The maximum absolute atomic E-state index is 14.2.